The molecule has 1 fully saturated rings. The molecule has 4 rings (SSSR count). The van der Waals surface area contributed by atoms with Crippen LogP contribution in [-0.2, 0) is 25.9 Å². The molecular formula is C28H31BrF3NO3. The van der Waals surface area contributed by atoms with E-state index in [1.54, 1.807) is 12.0 Å². The Morgan fingerprint density at radius 2 is 1.83 bits per heavy atom. The maximum atomic E-state index is 13.2. The molecule has 2 aromatic carbocycles. The minimum absolute atomic E-state index is 0.0211. The number of ether oxygens (including phenoxy) is 1. The van der Waals surface area contributed by atoms with E-state index in [1.807, 2.05) is 19.1 Å². The molecule has 0 bridgehead atoms. The lowest BCUT2D eigenvalue weighted by Crippen LogP contribution is -2.44. The summed E-state index contributed by atoms with van der Waals surface area (Å²) < 4.78 is 45.1. The molecule has 1 aliphatic heterocycles. The first kappa shape index (κ1) is 28.1. The topological polar surface area (TPSA) is 46.6 Å². The van der Waals surface area contributed by atoms with Crippen molar-refractivity contribution in [2.75, 3.05) is 26.8 Å². The Bertz CT molecular complexity index is 1090. The number of carbonyl (C=O) groups is 2. The van der Waals surface area contributed by atoms with Crippen molar-refractivity contribution in [2.24, 2.45) is 0 Å². The Morgan fingerprint density at radius 1 is 1.17 bits per heavy atom. The molecule has 1 amide bonds. The van der Waals surface area contributed by atoms with Crippen LogP contribution in [0.4, 0.5) is 13.2 Å². The maximum absolute atomic E-state index is 13.2. The predicted octanol–water partition coefficient (Wildman–Crippen LogP) is 6.77. The van der Waals surface area contributed by atoms with E-state index in [4.69, 9.17) is 0 Å². The number of piperidine rings is 1. The molecule has 4 nitrogen and oxygen atoms in total. The van der Waals surface area contributed by atoms with Gasteiger partial charge in [-0.05, 0) is 67.0 Å². The van der Waals surface area contributed by atoms with Gasteiger partial charge in [-0.1, -0.05) is 46.3 Å². The lowest BCUT2D eigenvalue weighted by atomic mass is 9.73. The number of hydrogen-bond donors (Lipinski definition) is 0. The molecule has 8 heteroatoms. The third-order valence-corrected chi connectivity index (χ3v) is 7.69. The van der Waals surface area contributed by atoms with Crippen LogP contribution < -0.4 is 0 Å². The summed E-state index contributed by atoms with van der Waals surface area (Å²) in [6, 6.07) is 11.3. The first-order valence-corrected chi connectivity index (χ1v) is 12.8. The smallest absolute Gasteiger partial charge is 0.385 e. The molecule has 194 valence electrons. The third-order valence-electron chi connectivity index (χ3n) is 7.03. The summed E-state index contributed by atoms with van der Waals surface area (Å²) in [6.07, 6.45) is 1.86. The molecule has 2 aliphatic rings. The number of benzene rings is 2. The van der Waals surface area contributed by atoms with E-state index in [1.165, 1.54) is 41.5 Å². The standard InChI is InChI=1S/C25H23BrF3NO2.C3H8O/c26-21-7-3-5-19-18(10-15-31)16-24(23(19)21)11-13-30(14-12-24)22(32)9-8-17-4-1-2-6-20(17)25(27,28)29;1-3-4-2/h1-9,15,18H,10-14,16H2;3H2,1-2H3/b9-8+;. The number of carbonyl (C=O) groups excluding carboxylic acids is 2. The quantitative estimate of drug-likeness (QED) is 0.297. The van der Waals surface area contributed by atoms with Crippen LogP contribution in [0, 0.1) is 0 Å². The van der Waals surface area contributed by atoms with Crippen molar-refractivity contribution >= 4 is 34.2 Å². The molecule has 0 N–H and O–H groups in total. The van der Waals surface area contributed by atoms with Gasteiger partial charge in [0, 0.05) is 49.2 Å². The molecule has 1 saturated heterocycles. The normalized spacial score (nSPS) is 18.6. The van der Waals surface area contributed by atoms with E-state index in [9.17, 15) is 22.8 Å². The minimum atomic E-state index is -4.47. The van der Waals surface area contributed by atoms with Gasteiger partial charge in [-0.25, -0.2) is 0 Å². The highest BCUT2D eigenvalue weighted by molar-refractivity contribution is 9.10. The van der Waals surface area contributed by atoms with Gasteiger partial charge < -0.3 is 14.4 Å². The Kier molecular flexibility index (Phi) is 9.53. The summed E-state index contributed by atoms with van der Waals surface area (Å²) >= 11 is 3.68. The average molecular weight is 566 g/mol. The van der Waals surface area contributed by atoms with Crippen LogP contribution >= 0.6 is 15.9 Å². The van der Waals surface area contributed by atoms with Gasteiger partial charge >= 0.3 is 6.18 Å². The van der Waals surface area contributed by atoms with Gasteiger partial charge in [0.05, 0.1) is 5.56 Å². The third kappa shape index (κ3) is 6.27. The first-order valence-electron chi connectivity index (χ1n) is 12.0. The van der Waals surface area contributed by atoms with Crippen molar-refractivity contribution in [1.82, 2.24) is 4.90 Å². The second-order valence-electron chi connectivity index (χ2n) is 9.11. The van der Waals surface area contributed by atoms with Crippen molar-refractivity contribution in [3.05, 3.63) is 75.3 Å². The summed E-state index contributed by atoms with van der Waals surface area (Å²) in [5.74, 6) is -0.104. The van der Waals surface area contributed by atoms with Gasteiger partial charge in [0.1, 0.15) is 6.29 Å². The van der Waals surface area contributed by atoms with Gasteiger partial charge in [-0.3, -0.25) is 4.79 Å². The molecule has 2 aromatic rings. The predicted molar refractivity (Wildman–Crippen MR) is 138 cm³/mol. The van der Waals surface area contributed by atoms with Gasteiger partial charge in [0.25, 0.3) is 0 Å². The van der Waals surface area contributed by atoms with E-state index >= 15 is 0 Å². The Hall–Kier alpha value is -2.45. The van der Waals surface area contributed by atoms with Crippen molar-refractivity contribution in [3.63, 3.8) is 0 Å². The number of fused-ring (bicyclic) bond motifs is 2. The van der Waals surface area contributed by atoms with Crippen LogP contribution in [0.15, 0.2) is 53.0 Å². The summed E-state index contributed by atoms with van der Waals surface area (Å²) in [4.78, 5) is 25.6. The largest absolute Gasteiger partial charge is 0.416 e. The zero-order valence-corrected chi connectivity index (χ0v) is 22.1. The van der Waals surface area contributed by atoms with E-state index < -0.39 is 11.7 Å². The van der Waals surface area contributed by atoms with Crippen LogP contribution in [0.25, 0.3) is 6.08 Å². The fourth-order valence-electron chi connectivity index (χ4n) is 5.23. The molecule has 36 heavy (non-hydrogen) atoms. The molecule has 0 aromatic heterocycles. The van der Waals surface area contributed by atoms with Crippen LogP contribution in [0.5, 0.6) is 0 Å². The van der Waals surface area contributed by atoms with Crippen molar-refractivity contribution in [3.8, 4) is 0 Å². The number of amides is 1. The monoisotopic (exact) mass is 565 g/mol. The highest BCUT2D eigenvalue weighted by Gasteiger charge is 2.46. The van der Waals surface area contributed by atoms with Gasteiger partial charge in [-0.2, -0.15) is 13.2 Å². The minimum Gasteiger partial charge on any atom is -0.385 e. The van der Waals surface area contributed by atoms with E-state index in [0.29, 0.717) is 19.5 Å². The van der Waals surface area contributed by atoms with Crippen LogP contribution in [-0.4, -0.2) is 43.9 Å². The van der Waals surface area contributed by atoms with E-state index in [-0.39, 0.29) is 22.8 Å². The zero-order valence-electron chi connectivity index (χ0n) is 20.5. The molecule has 1 heterocycles. The fraction of sp³-hybridized carbons (Fsp3) is 0.429. The molecule has 1 atom stereocenters. The van der Waals surface area contributed by atoms with Gasteiger partial charge in [0.2, 0.25) is 5.91 Å². The van der Waals surface area contributed by atoms with Crippen molar-refractivity contribution in [2.45, 2.75) is 50.1 Å². The number of alkyl halides is 3. The summed E-state index contributed by atoms with van der Waals surface area (Å²) in [6.45, 7) is 3.83. The lowest BCUT2D eigenvalue weighted by molar-refractivity contribution is -0.137. The molecule has 1 spiro atoms. The molecule has 0 radical (unpaired) electrons. The van der Waals surface area contributed by atoms with Crippen LogP contribution in [0.2, 0.25) is 0 Å². The van der Waals surface area contributed by atoms with Crippen molar-refractivity contribution in [1.29, 1.82) is 0 Å². The summed E-state index contributed by atoms with van der Waals surface area (Å²) in [5.41, 5.74) is 1.58. The van der Waals surface area contributed by atoms with Crippen LogP contribution in [0.1, 0.15) is 60.8 Å². The van der Waals surface area contributed by atoms with Crippen LogP contribution in [0.3, 0.4) is 0 Å². The number of rotatable bonds is 5. The SMILES string of the molecule is CCOC.O=CCC1CC2(CCN(C(=O)/C=C/c3ccccc3C(F)(F)F)CC2)c2c(Br)cccc21. The maximum Gasteiger partial charge on any atom is 0.416 e. The highest BCUT2D eigenvalue weighted by atomic mass is 79.9. The zero-order chi connectivity index (χ0) is 26.3. The highest BCUT2D eigenvalue weighted by Crippen LogP contribution is 2.54. The number of halogens is 4. The Morgan fingerprint density at radius 3 is 2.44 bits per heavy atom. The van der Waals surface area contributed by atoms with Gasteiger partial charge in [-0.15, -0.1) is 0 Å². The van der Waals surface area contributed by atoms with Crippen molar-refractivity contribution < 1.29 is 27.5 Å². The van der Waals surface area contributed by atoms with E-state index in [2.05, 4.69) is 26.7 Å². The molecule has 1 aliphatic carbocycles. The average Bonchev–Trinajstić information content (AvgIpc) is 3.16. The van der Waals surface area contributed by atoms with E-state index in [0.717, 1.165) is 42.7 Å². The fourth-order valence-corrected chi connectivity index (χ4v) is 6.03. The Balaban J connectivity index is 0.000000840. The molecule has 0 saturated carbocycles. The number of nitrogens with zero attached hydrogens (tertiary/aromatic N) is 1. The number of hydrogen-bond acceptors (Lipinski definition) is 3. The Labute approximate surface area is 218 Å². The summed E-state index contributed by atoms with van der Waals surface area (Å²) in [5, 5.41) is 0. The first-order chi connectivity index (χ1) is 17.2. The summed E-state index contributed by atoms with van der Waals surface area (Å²) in [7, 11) is 1.68. The lowest BCUT2D eigenvalue weighted by Gasteiger charge is -2.40. The molecule has 1 unspecified atom stereocenters. The second kappa shape index (κ2) is 12.2. The number of likely N-dealkylation sites (tertiary alicyclic amines) is 1. The molecular weight excluding hydrogens is 535 g/mol. The second-order valence-corrected chi connectivity index (χ2v) is 9.96. The number of methoxy groups -OCH3 is 1. The van der Waals surface area contributed by atoms with Gasteiger partial charge in [0.15, 0.2) is 0 Å². The number of aldehydes is 1.